The Balaban J connectivity index is 1.59. The smallest absolute Gasteiger partial charge is 0.122 e. The zero-order valence-electron chi connectivity index (χ0n) is 10.7. The fourth-order valence-corrected chi connectivity index (χ4v) is 2.95. The van der Waals surface area contributed by atoms with Crippen LogP contribution >= 0.6 is 0 Å². The van der Waals surface area contributed by atoms with Crippen LogP contribution in [-0.2, 0) is 13.0 Å². The van der Waals surface area contributed by atoms with Crippen molar-refractivity contribution < 1.29 is 9.84 Å². The van der Waals surface area contributed by atoms with E-state index in [4.69, 9.17) is 4.74 Å². The van der Waals surface area contributed by atoms with E-state index < -0.39 is 0 Å². The van der Waals surface area contributed by atoms with Crippen LogP contribution in [0.25, 0.3) is 0 Å². The predicted molar refractivity (Wildman–Crippen MR) is 70.7 cm³/mol. The molecule has 0 amide bonds. The largest absolute Gasteiger partial charge is 0.493 e. The van der Waals surface area contributed by atoms with E-state index in [1.807, 2.05) is 0 Å². The van der Waals surface area contributed by atoms with Gasteiger partial charge in [0.1, 0.15) is 5.75 Å². The van der Waals surface area contributed by atoms with Crippen LogP contribution in [0.15, 0.2) is 18.2 Å². The summed E-state index contributed by atoms with van der Waals surface area (Å²) >= 11 is 0. The van der Waals surface area contributed by atoms with Gasteiger partial charge in [-0.2, -0.15) is 0 Å². The summed E-state index contributed by atoms with van der Waals surface area (Å²) in [4.78, 5) is 0. The van der Waals surface area contributed by atoms with Crippen molar-refractivity contribution in [1.29, 1.82) is 0 Å². The minimum atomic E-state index is -0.170. The SMILES string of the molecule is OC1CCCCC1NCc1ccc2c(c1)CCO2. The first-order valence-corrected chi connectivity index (χ1v) is 6.99. The highest BCUT2D eigenvalue weighted by Crippen LogP contribution is 2.26. The van der Waals surface area contributed by atoms with Crippen molar-refractivity contribution in [2.45, 2.75) is 50.8 Å². The normalized spacial score (nSPS) is 26.7. The molecule has 2 N–H and O–H groups in total. The van der Waals surface area contributed by atoms with Gasteiger partial charge >= 0.3 is 0 Å². The molecular formula is C15H21NO2. The van der Waals surface area contributed by atoms with Gasteiger partial charge in [0.15, 0.2) is 0 Å². The molecular weight excluding hydrogens is 226 g/mol. The number of hydrogen-bond acceptors (Lipinski definition) is 3. The third kappa shape index (κ3) is 2.52. The first-order valence-electron chi connectivity index (χ1n) is 6.99. The van der Waals surface area contributed by atoms with Gasteiger partial charge in [-0.3, -0.25) is 0 Å². The van der Waals surface area contributed by atoms with Gasteiger partial charge in [0.25, 0.3) is 0 Å². The third-order valence-corrected chi connectivity index (χ3v) is 4.05. The summed E-state index contributed by atoms with van der Waals surface area (Å²) in [6.07, 6.45) is 5.28. The molecule has 1 aliphatic heterocycles. The van der Waals surface area contributed by atoms with E-state index in [0.29, 0.717) is 0 Å². The van der Waals surface area contributed by atoms with Crippen LogP contribution in [0.5, 0.6) is 5.75 Å². The van der Waals surface area contributed by atoms with Crippen LogP contribution in [0, 0.1) is 0 Å². The molecule has 98 valence electrons. The highest BCUT2D eigenvalue weighted by Gasteiger charge is 2.22. The lowest BCUT2D eigenvalue weighted by Crippen LogP contribution is -2.41. The molecule has 1 aliphatic carbocycles. The Kier molecular flexibility index (Phi) is 3.52. The van der Waals surface area contributed by atoms with Crippen molar-refractivity contribution in [1.82, 2.24) is 5.32 Å². The molecule has 1 aromatic carbocycles. The van der Waals surface area contributed by atoms with Crippen molar-refractivity contribution in [2.24, 2.45) is 0 Å². The summed E-state index contributed by atoms with van der Waals surface area (Å²) in [5.74, 6) is 1.04. The second kappa shape index (κ2) is 5.29. The van der Waals surface area contributed by atoms with Crippen molar-refractivity contribution in [3.8, 4) is 5.75 Å². The fourth-order valence-electron chi connectivity index (χ4n) is 2.95. The Morgan fingerprint density at radius 3 is 3.06 bits per heavy atom. The molecule has 0 spiro atoms. The maximum Gasteiger partial charge on any atom is 0.122 e. The number of fused-ring (bicyclic) bond motifs is 1. The van der Waals surface area contributed by atoms with E-state index in [0.717, 1.165) is 44.6 Å². The van der Waals surface area contributed by atoms with Gasteiger partial charge in [-0.15, -0.1) is 0 Å². The highest BCUT2D eigenvalue weighted by atomic mass is 16.5. The van der Waals surface area contributed by atoms with E-state index in [1.54, 1.807) is 0 Å². The molecule has 3 heteroatoms. The van der Waals surface area contributed by atoms with Crippen LogP contribution in [0.1, 0.15) is 36.8 Å². The molecule has 2 aliphatic rings. The molecule has 0 bridgehead atoms. The molecule has 0 saturated heterocycles. The van der Waals surface area contributed by atoms with Gasteiger partial charge in [0, 0.05) is 19.0 Å². The lowest BCUT2D eigenvalue weighted by atomic mass is 9.92. The monoisotopic (exact) mass is 247 g/mol. The minimum Gasteiger partial charge on any atom is -0.493 e. The molecule has 3 nitrogen and oxygen atoms in total. The third-order valence-electron chi connectivity index (χ3n) is 4.05. The van der Waals surface area contributed by atoms with Crippen molar-refractivity contribution in [2.75, 3.05) is 6.61 Å². The van der Waals surface area contributed by atoms with Gasteiger partial charge in [-0.25, -0.2) is 0 Å². The molecule has 3 rings (SSSR count). The molecule has 0 aromatic heterocycles. The zero-order chi connectivity index (χ0) is 12.4. The summed E-state index contributed by atoms with van der Waals surface area (Å²) in [7, 11) is 0. The predicted octanol–water partition coefficient (Wildman–Crippen LogP) is 2.01. The summed E-state index contributed by atoms with van der Waals surface area (Å²) in [5, 5.41) is 13.4. The molecule has 1 heterocycles. The van der Waals surface area contributed by atoms with Gasteiger partial charge in [0.05, 0.1) is 12.7 Å². The number of rotatable bonds is 3. The second-order valence-corrected chi connectivity index (χ2v) is 5.38. The van der Waals surface area contributed by atoms with E-state index in [1.165, 1.54) is 17.5 Å². The van der Waals surface area contributed by atoms with Crippen LogP contribution in [0.4, 0.5) is 0 Å². The Morgan fingerprint density at radius 2 is 2.17 bits per heavy atom. The van der Waals surface area contributed by atoms with Gasteiger partial charge in [-0.1, -0.05) is 25.0 Å². The van der Waals surface area contributed by atoms with Gasteiger partial charge in [-0.05, 0) is 30.0 Å². The standard InChI is InChI=1S/C15H21NO2/c17-14-4-2-1-3-13(14)16-10-11-5-6-15-12(9-11)7-8-18-15/h5-6,9,13-14,16-17H,1-4,7-8,10H2. The van der Waals surface area contributed by atoms with Gasteiger partial charge < -0.3 is 15.2 Å². The average Bonchev–Trinajstić information content (AvgIpc) is 2.85. The Morgan fingerprint density at radius 1 is 1.28 bits per heavy atom. The van der Waals surface area contributed by atoms with Crippen LogP contribution in [0.2, 0.25) is 0 Å². The summed E-state index contributed by atoms with van der Waals surface area (Å²) in [6.45, 7) is 1.66. The lowest BCUT2D eigenvalue weighted by molar-refractivity contribution is 0.0902. The molecule has 18 heavy (non-hydrogen) atoms. The van der Waals surface area contributed by atoms with Gasteiger partial charge in [0.2, 0.25) is 0 Å². The number of nitrogens with one attached hydrogen (secondary N) is 1. The molecule has 1 fully saturated rings. The van der Waals surface area contributed by atoms with E-state index in [9.17, 15) is 5.11 Å². The molecule has 1 aromatic rings. The van der Waals surface area contributed by atoms with E-state index in [-0.39, 0.29) is 12.1 Å². The maximum absolute atomic E-state index is 9.92. The fraction of sp³-hybridized carbons (Fsp3) is 0.600. The Bertz CT molecular complexity index is 419. The van der Waals surface area contributed by atoms with Crippen LogP contribution in [0.3, 0.4) is 0 Å². The number of hydrogen-bond donors (Lipinski definition) is 2. The second-order valence-electron chi connectivity index (χ2n) is 5.38. The van der Waals surface area contributed by atoms with Crippen molar-refractivity contribution >= 4 is 0 Å². The minimum absolute atomic E-state index is 0.170. The summed E-state index contributed by atoms with van der Waals surface area (Å²) < 4.78 is 5.50. The van der Waals surface area contributed by atoms with Crippen LogP contribution < -0.4 is 10.1 Å². The molecule has 0 radical (unpaired) electrons. The topological polar surface area (TPSA) is 41.5 Å². The number of aliphatic hydroxyl groups is 1. The first kappa shape index (κ1) is 12.0. The Labute approximate surface area is 108 Å². The zero-order valence-corrected chi connectivity index (χ0v) is 10.7. The summed E-state index contributed by atoms with van der Waals surface area (Å²) in [5.41, 5.74) is 2.61. The lowest BCUT2D eigenvalue weighted by Gasteiger charge is -2.28. The molecule has 1 saturated carbocycles. The van der Waals surface area contributed by atoms with E-state index >= 15 is 0 Å². The van der Waals surface area contributed by atoms with Crippen molar-refractivity contribution in [3.05, 3.63) is 29.3 Å². The summed E-state index contributed by atoms with van der Waals surface area (Å²) in [6, 6.07) is 6.68. The number of aliphatic hydroxyl groups excluding tert-OH is 1. The number of ether oxygens (including phenoxy) is 1. The Hall–Kier alpha value is -1.06. The first-order chi connectivity index (χ1) is 8.83. The molecule has 2 atom stereocenters. The molecule has 2 unspecified atom stereocenters. The highest BCUT2D eigenvalue weighted by molar-refractivity contribution is 5.39. The van der Waals surface area contributed by atoms with Crippen LogP contribution in [-0.4, -0.2) is 23.9 Å². The average molecular weight is 247 g/mol. The maximum atomic E-state index is 9.92. The quantitative estimate of drug-likeness (QED) is 0.858. The van der Waals surface area contributed by atoms with Crippen molar-refractivity contribution in [3.63, 3.8) is 0 Å². The van der Waals surface area contributed by atoms with E-state index in [2.05, 4.69) is 23.5 Å². The number of benzene rings is 1.